The van der Waals surface area contributed by atoms with Crippen molar-refractivity contribution >= 4 is 22.4 Å². The van der Waals surface area contributed by atoms with Gasteiger partial charge in [0.25, 0.3) is 0 Å². The van der Waals surface area contributed by atoms with E-state index in [0.717, 1.165) is 16.7 Å². The van der Waals surface area contributed by atoms with Gasteiger partial charge in [0.2, 0.25) is 0 Å². The normalized spacial score (nSPS) is 12.4. The molecule has 0 fully saturated rings. The van der Waals surface area contributed by atoms with E-state index < -0.39 is 12.2 Å². The van der Waals surface area contributed by atoms with Crippen molar-refractivity contribution in [3.63, 3.8) is 0 Å². The molecular formula is C27H26N2O3S. The lowest BCUT2D eigenvalue weighted by molar-refractivity contribution is 0.0697. The second-order valence-corrected chi connectivity index (χ2v) is 9.71. The summed E-state index contributed by atoms with van der Waals surface area (Å²) in [5.74, 6) is -1.00. The van der Waals surface area contributed by atoms with E-state index in [4.69, 9.17) is 0 Å². The number of thiazole rings is 1. The Morgan fingerprint density at radius 2 is 1.58 bits per heavy atom. The van der Waals surface area contributed by atoms with Crippen LogP contribution in [0.3, 0.4) is 0 Å². The Hall–Kier alpha value is -3.48. The number of aromatic carboxylic acids is 1. The van der Waals surface area contributed by atoms with Gasteiger partial charge in [-0.1, -0.05) is 87.5 Å². The molecule has 0 bridgehead atoms. The van der Waals surface area contributed by atoms with Crippen molar-refractivity contribution in [2.45, 2.75) is 32.4 Å². The summed E-state index contributed by atoms with van der Waals surface area (Å²) in [6.07, 6.45) is -0.975. The quantitative estimate of drug-likeness (QED) is 0.284. The summed E-state index contributed by atoms with van der Waals surface area (Å²) in [6.45, 7) is 6.54. The molecule has 168 valence electrons. The lowest BCUT2D eigenvalue weighted by Crippen LogP contribution is -2.11. The Bertz CT molecular complexity index is 1270. The van der Waals surface area contributed by atoms with Gasteiger partial charge in [-0.2, -0.15) is 0 Å². The van der Waals surface area contributed by atoms with E-state index in [9.17, 15) is 15.0 Å². The molecule has 1 heterocycles. The summed E-state index contributed by atoms with van der Waals surface area (Å²) < 4.78 is 0. The number of carboxylic acid groups (broad SMARTS) is 1. The van der Waals surface area contributed by atoms with Gasteiger partial charge < -0.3 is 15.5 Å². The molecule has 1 unspecified atom stereocenters. The van der Waals surface area contributed by atoms with Gasteiger partial charge in [-0.25, -0.2) is 9.78 Å². The summed E-state index contributed by atoms with van der Waals surface area (Å²) in [5.41, 5.74) is 5.31. The van der Waals surface area contributed by atoms with Crippen LogP contribution in [0.15, 0.2) is 78.2 Å². The third-order valence-electron chi connectivity index (χ3n) is 5.52. The van der Waals surface area contributed by atoms with E-state index in [1.165, 1.54) is 16.9 Å². The van der Waals surface area contributed by atoms with Crippen LogP contribution in [0.2, 0.25) is 0 Å². The molecule has 0 saturated heterocycles. The Labute approximate surface area is 197 Å². The molecule has 0 spiro atoms. The topological polar surface area (TPSA) is 82.5 Å². The third-order valence-corrected chi connectivity index (χ3v) is 6.29. The zero-order chi connectivity index (χ0) is 23.6. The predicted octanol–water partition coefficient (Wildman–Crippen LogP) is 6.58. The molecule has 0 radical (unpaired) electrons. The second kappa shape index (κ2) is 9.17. The van der Waals surface area contributed by atoms with E-state index in [1.54, 1.807) is 29.6 Å². The molecule has 0 aliphatic rings. The van der Waals surface area contributed by atoms with Crippen LogP contribution in [0, 0.1) is 0 Å². The van der Waals surface area contributed by atoms with Crippen molar-refractivity contribution in [3.05, 3.63) is 94.9 Å². The van der Waals surface area contributed by atoms with Gasteiger partial charge in [0.15, 0.2) is 11.4 Å². The molecule has 4 rings (SSSR count). The summed E-state index contributed by atoms with van der Waals surface area (Å²) in [5, 5.41) is 25.8. The van der Waals surface area contributed by atoms with Crippen molar-refractivity contribution in [2.24, 2.45) is 0 Å². The highest BCUT2D eigenvalue weighted by atomic mass is 32.1. The third kappa shape index (κ3) is 4.97. The van der Waals surface area contributed by atoms with Crippen molar-refractivity contribution in [1.29, 1.82) is 0 Å². The van der Waals surface area contributed by atoms with E-state index in [-0.39, 0.29) is 11.0 Å². The van der Waals surface area contributed by atoms with Crippen LogP contribution < -0.4 is 5.32 Å². The van der Waals surface area contributed by atoms with Crippen LogP contribution >= 0.6 is 11.3 Å². The molecule has 3 aromatic carbocycles. The molecule has 6 heteroatoms. The van der Waals surface area contributed by atoms with Gasteiger partial charge in [0, 0.05) is 16.5 Å². The highest BCUT2D eigenvalue weighted by Gasteiger charge is 2.18. The number of aliphatic hydroxyl groups excluding tert-OH is 1. The average Bonchev–Trinajstić information content (AvgIpc) is 3.27. The first-order valence-corrected chi connectivity index (χ1v) is 11.5. The molecule has 5 nitrogen and oxygen atoms in total. The van der Waals surface area contributed by atoms with Crippen molar-refractivity contribution in [2.75, 3.05) is 5.32 Å². The number of carbonyl (C=O) groups is 1. The summed E-state index contributed by atoms with van der Waals surface area (Å²) in [4.78, 5) is 16.0. The highest BCUT2D eigenvalue weighted by Crippen LogP contribution is 2.33. The number of carboxylic acids is 1. The van der Waals surface area contributed by atoms with Gasteiger partial charge in [-0.15, -0.1) is 11.3 Å². The smallest absolute Gasteiger partial charge is 0.336 e. The van der Waals surface area contributed by atoms with Gasteiger partial charge in [-0.05, 0) is 28.2 Å². The lowest BCUT2D eigenvalue weighted by atomic mass is 9.86. The van der Waals surface area contributed by atoms with Crippen molar-refractivity contribution in [3.8, 4) is 22.4 Å². The lowest BCUT2D eigenvalue weighted by Gasteiger charge is -2.20. The van der Waals surface area contributed by atoms with Crippen molar-refractivity contribution in [1.82, 2.24) is 4.98 Å². The molecule has 4 aromatic rings. The molecule has 3 N–H and O–H groups in total. The number of hydrogen-bond acceptors (Lipinski definition) is 5. The number of nitrogens with one attached hydrogen (secondary N) is 1. The molecule has 0 saturated carbocycles. The first kappa shape index (κ1) is 22.7. The molecule has 33 heavy (non-hydrogen) atoms. The first-order chi connectivity index (χ1) is 15.7. The van der Waals surface area contributed by atoms with Gasteiger partial charge in [0.1, 0.15) is 0 Å². The van der Waals surface area contributed by atoms with Gasteiger partial charge >= 0.3 is 5.97 Å². The largest absolute Gasteiger partial charge is 0.478 e. The fourth-order valence-electron chi connectivity index (χ4n) is 3.70. The molecule has 1 atom stereocenters. The van der Waals surface area contributed by atoms with Crippen molar-refractivity contribution < 1.29 is 15.0 Å². The number of hydrogen-bond donors (Lipinski definition) is 3. The Kier molecular flexibility index (Phi) is 6.31. The van der Waals surface area contributed by atoms with E-state index >= 15 is 0 Å². The fraction of sp³-hybridized carbons (Fsp3) is 0.185. The Morgan fingerprint density at radius 3 is 2.24 bits per heavy atom. The van der Waals surface area contributed by atoms with Crippen LogP contribution in [0.5, 0.6) is 0 Å². The maximum atomic E-state index is 11.5. The van der Waals surface area contributed by atoms with E-state index in [2.05, 4.69) is 55.3 Å². The van der Waals surface area contributed by atoms with E-state index in [1.807, 2.05) is 24.3 Å². The summed E-state index contributed by atoms with van der Waals surface area (Å²) >= 11 is 1.32. The van der Waals surface area contributed by atoms with Crippen LogP contribution in [-0.2, 0) is 5.41 Å². The minimum atomic E-state index is -1.00. The van der Waals surface area contributed by atoms with Crippen LogP contribution in [0.1, 0.15) is 48.5 Å². The van der Waals surface area contributed by atoms with E-state index in [0.29, 0.717) is 16.4 Å². The maximum Gasteiger partial charge on any atom is 0.336 e. The standard InChI is InChI=1S/C27H26N2O3S/c1-27(2,3)18-14-12-17(13-15-18)19-8-4-6-10-21(19)24(30)29-26-28-23(16-33-26)20-9-5-7-11-22(20)25(31)32/h4-16,24,30H,1-3H3,(H,28,29)(H,31,32). The minimum Gasteiger partial charge on any atom is -0.478 e. The number of rotatable bonds is 6. The number of anilines is 1. The SMILES string of the molecule is CC(C)(C)c1ccc(-c2ccccc2C(O)Nc2nc(-c3ccccc3C(=O)O)cs2)cc1. The minimum absolute atomic E-state index is 0.0704. The second-order valence-electron chi connectivity index (χ2n) is 8.85. The molecule has 0 amide bonds. The molecular weight excluding hydrogens is 432 g/mol. The first-order valence-electron chi connectivity index (χ1n) is 10.7. The predicted molar refractivity (Wildman–Crippen MR) is 134 cm³/mol. The van der Waals surface area contributed by atoms with Gasteiger partial charge in [-0.3, -0.25) is 0 Å². The molecule has 0 aliphatic carbocycles. The number of aliphatic hydroxyl groups is 1. The van der Waals surface area contributed by atoms with Crippen LogP contribution in [-0.4, -0.2) is 21.2 Å². The summed E-state index contributed by atoms with van der Waals surface area (Å²) in [6, 6.07) is 22.9. The number of benzene rings is 3. The average molecular weight is 459 g/mol. The van der Waals surface area contributed by atoms with Gasteiger partial charge in [0.05, 0.1) is 11.3 Å². The number of nitrogens with zero attached hydrogens (tertiary/aromatic N) is 1. The molecule has 1 aromatic heterocycles. The Balaban J connectivity index is 1.59. The zero-order valence-electron chi connectivity index (χ0n) is 18.7. The zero-order valence-corrected chi connectivity index (χ0v) is 19.6. The van der Waals surface area contributed by atoms with Crippen LogP contribution in [0.25, 0.3) is 22.4 Å². The fourth-order valence-corrected chi connectivity index (χ4v) is 4.43. The number of aromatic nitrogens is 1. The summed E-state index contributed by atoms with van der Waals surface area (Å²) in [7, 11) is 0. The highest BCUT2D eigenvalue weighted by molar-refractivity contribution is 7.14. The van der Waals surface area contributed by atoms with Crippen LogP contribution in [0.4, 0.5) is 5.13 Å². The Morgan fingerprint density at radius 1 is 0.939 bits per heavy atom. The maximum absolute atomic E-state index is 11.5. The molecule has 0 aliphatic heterocycles. The monoisotopic (exact) mass is 458 g/mol.